The second kappa shape index (κ2) is 8.03. The molecule has 168 valence electrons. The van der Waals surface area contributed by atoms with E-state index in [2.05, 4.69) is 29.6 Å². The fraction of sp³-hybridized carbons (Fsp3) is 0.259. The normalized spacial score (nSPS) is 21.0. The van der Waals surface area contributed by atoms with Gasteiger partial charge in [0.05, 0.1) is 5.41 Å². The van der Waals surface area contributed by atoms with Crippen LogP contribution >= 0.6 is 0 Å². The van der Waals surface area contributed by atoms with Crippen LogP contribution in [0.25, 0.3) is 11.1 Å². The van der Waals surface area contributed by atoms with Gasteiger partial charge in [0, 0.05) is 12.0 Å². The number of rotatable bonds is 5. The van der Waals surface area contributed by atoms with Gasteiger partial charge in [-0.1, -0.05) is 54.6 Å². The standard InChI is InChI=1S/C27H24FNO4/c1-16-10-17(12-18(28)11-16)27(25(30)31)13-19(14-27)29-26(32)33-15-24-22-8-4-2-6-20(22)21-7-3-5-9-23(21)24/h2-12,19,24H,13-15H2,1H3,(H,29,32)(H,30,31). The first-order chi connectivity index (χ1) is 15.9. The number of nitrogens with one attached hydrogen (secondary N) is 1. The van der Waals surface area contributed by atoms with E-state index in [1.165, 1.54) is 12.1 Å². The van der Waals surface area contributed by atoms with Crippen molar-refractivity contribution in [3.63, 3.8) is 0 Å². The van der Waals surface area contributed by atoms with E-state index in [0.29, 0.717) is 11.1 Å². The van der Waals surface area contributed by atoms with Gasteiger partial charge in [-0.05, 0) is 65.3 Å². The number of aryl methyl sites for hydroxylation is 1. The van der Waals surface area contributed by atoms with Crippen LogP contribution in [0.3, 0.4) is 0 Å². The maximum atomic E-state index is 13.9. The van der Waals surface area contributed by atoms with Crippen molar-refractivity contribution >= 4 is 12.1 Å². The lowest BCUT2D eigenvalue weighted by Gasteiger charge is -2.44. The van der Waals surface area contributed by atoms with Crippen molar-refractivity contribution in [2.24, 2.45) is 0 Å². The van der Waals surface area contributed by atoms with Crippen LogP contribution in [0.15, 0.2) is 66.7 Å². The third-order valence-electron chi connectivity index (χ3n) is 6.86. The molecule has 1 fully saturated rings. The van der Waals surface area contributed by atoms with Crippen LogP contribution in [-0.2, 0) is 14.9 Å². The summed E-state index contributed by atoms with van der Waals surface area (Å²) in [6.45, 7) is 1.92. The first-order valence-corrected chi connectivity index (χ1v) is 11.0. The van der Waals surface area contributed by atoms with E-state index in [0.717, 1.165) is 22.3 Å². The van der Waals surface area contributed by atoms with Crippen molar-refractivity contribution in [2.75, 3.05) is 6.61 Å². The summed E-state index contributed by atoms with van der Waals surface area (Å²) >= 11 is 0. The topological polar surface area (TPSA) is 75.6 Å². The van der Waals surface area contributed by atoms with Crippen LogP contribution in [0.1, 0.15) is 41.0 Å². The smallest absolute Gasteiger partial charge is 0.407 e. The molecule has 0 aromatic heterocycles. The molecule has 2 aliphatic rings. The van der Waals surface area contributed by atoms with Crippen molar-refractivity contribution < 1.29 is 23.8 Å². The van der Waals surface area contributed by atoms with Crippen LogP contribution in [0.5, 0.6) is 0 Å². The van der Waals surface area contributed by atoms with Gasteiger partial charge in [-0.25, -0.2) is 9.18 Å². The Labute approximate surface area is 191 Å². The monoisotopic (exact) mass is 445 g/mol. The highest BCUT2D eigenvalue weighted by Gasteiger charge is 2.52. The second-order valence-corrected chi connectivity index (χ2v) is 8.98. The number of benzene rings is 3. The zero-order valence-electron chi connectivity index (χ0n) is 18.2. The van der Waals surface area contributed by atoms with Gasteiger partial charge in [-0.15, -0.1) is 0 Å². The summed E-state index contributed by atoms with van der Waals surface area (Å²) in [6.07, 6.45) is -0.193. The molecule has 1 saturated carbocycles. The molecule has 33 heavy (non-hydrogen) atoms. The van der Waals surface area contributed by atoms with E-state index in [1.54, 1.807) is 13.0 Å². The van der Waals surface area contributed by atoms with Gasteiger partial charge in [0.15, 0.2) is 0 Å². The Morgan fingerprint density at radius 1 is 1.03 bits per heavy atom. The lowest BCUT2D eigenvalue weighted by Crippen LogP contribution is -2.57. The summed E-state index contributed by atoms with van der Waals surface area (Å²) in [4.78, 5) is 24.5. The number of fused-ring (bicyclic) bond motifs is 3. The Balaban J connectivity index is 1.24. The average molecular weight is 445 g/mol. The van der Waals surface area contributed by atoms with E-state index >= 15 is 0 Å². The Bertz CT molecular complexity index is 1180. The Morgan fingerprint density at radius 2 is 1.64 bits per heavy atom. The number of carbonyl (C=O) groups excluding carboxylic acids is 1. The van der Waals surface area contributed by atoms with Gasteiger partial charge >= 0.3 is 12.1 Å². The largest absolute Gasteiger partial charge is 0.481 e. The molecule has 0 atom stereocenters. The fourth-order valence-electron chi connectivity index (χ4n) is 5.24. The van der Waals surface area contributed by atoms with E-state index < -0.39 is 23.3 Å². The lowest BCUT2D eigenvalue weighted by atomic mass is 9.61. The molecule has 0 aliphatic heterocycles. The minimum atomic E-state index is -1.20. The molecule has 0 unspecified atom stereocenters. The number of halogens is 1. The highest BCUT2D eigenvalue weighted by Crippen LogP contribution is 2.46. The van der Waals surface area contributed by atoms with Gasteiger partial charge in [-0.3, -0.25) is 4.79 Å². The number of aliphatic carboxylic acids is 1. The first-order valence-electron chi connectivity index (χ1n) is 11.0. The molecule has 2 N–H and O–H groups in total. The Morgan fingerprint density at radius 3 is 2.21 bits per heavy atom. The summed E-state index contributed by atoms with van der Waals surface area (Å²) in [5, 5.41) is 12.6. The molecule has 1 amide bonds. The first kappa shape index (κ1) is 21.2. The number of hydrogen-bond donors (Lipinski definition) is 2. The predicted octanol–water partition coefficient (Wildman–Crippen LogP) is 5.16. The van der Waals surface area contributed by atoms with E-state index in [9.17, 15) is 19.1 Å². The van der Waals surface area contributed by atoms with Gasteiger partial charge in [0.1, 0.15) is 12.4 Å². The quantitative estimate of drug-likeness (QED) is 0.569. The molecule has 0 spiro atoms. The maximum Gasteiger partial charge on any atom is 0.407 e. The van der Waals surface area contributed by atoms with Crippen molar-refractivity contribution in [2.45, 2.75) is 37.1 Å². The zero-order valence-corrected chi connectivity index (χ0v) is 18.2. The number of carboxylic acid groups (broad SMARTS) is 1. The number of carboxylic acids is 1. The van der Waals surface area contributed by atoms with Crippen LogP contribution in [0, 0.1) is 12.7 Å². The van der Waals surface area contributed by atoms with Crippen LogP contribution in [0.2, 0.25) is 0 Å². The van der Waals surface area contributed by atoms with Crippen molar-refractivity contribution in [1.82, 2.24) is 5.32 Å². The molecule has 6 heteroatoms. The van der Waals surface area contributed by atoms with E-state index in [1.807, 2.05) is 24.3 Å². The van der Waals surface area contributed by atoms with Crippen LogP contribution < -0.4 is 5.32 Å². The molecular formula is C27H24FNO4. The molecule has 3 aromatic rings. The highest BCUT2D eigenvalue weighted by molar-refractivity contribution is 5.84. The molecule has 0 heterocycles. The molecule has 0 saturated heterocycles. The van der Waals surface area contributed by atoms with E-state index in [-0.39, 0.29) is 31.4 Å². The molecule has 5 rings (SSSR count). The summed E-state index contributed by atoms with van der Waals surface area (Å²) in [6, 6.07) is 20.2. The van der Waals surface area contributed by atoms with E-state index in [4.69, 9.17) is 4.74 Å². The van der Waals surface area contributed by atoms with Gasteiger partial charge < -0.3 is 15.2 Å². The SMILES string of the molecule is Cc1cc(F)cc(C2(C(=O)O)CC(NC(=O)OCC3c4ccccc4-c4ccccc43)C2)c1. The van der Waals surface area contributed by atoms with Crippen LogP contribution in [0.4, 0.5) is 9.18 Å². The third-order valence-corrected chi connectivity index (χ3v) is 6.86. The minimum absolute atomic E-state index is 0.0436. The number of amides is 1. The number of hydrogen-bond acceptors (Lipinski definition) is 3. The van der Waals surface area contributed by atoms with Crippen molar-refractivity contribution in [3.8, 4) is 11.1 Å². The van der Waals surface area contributed by atoms with Gasteiger partial charge in [0.25, 0.3) is 0 Å². The summed E-state index contributed by atoms with van der Waals surface area (Å²) in [5.41, 5.74) is 4.45. The molecule has 0 radical (unpaired) electrons. The van der Waals surface area contributed by atoms with Gasteiger partial charge in [-0.2, -0.15) is 0 Å². The molecule has 3 aromatic carbocycles. The molecule has 2 aliphatic carbocycles. The molecule has 0 bridgehead atoms. The van der Waals surface area contributed by atoms with Crippen molar-refractivity contribution in [3.05, 3.63) is 94.8 Å². The number of alkyl carbamates (subject to hydrolysis) is 1. The Kier molecular flexibility index (Phi) is 5.16. The lowest BCUT2D eigenvalue weighted by molar-refractivity contribution is -0.148. The maximum absolute atomic E-state index is 13.9. The fourth-order valence-corrected chi connectivity index (χ4v) is 5.24. The summed E-state index contributed by atoms with van der Waals surface area (Å²) in [5.74, 6) is -1.52. The highest BCUT2D eigenvalue weighted by atomic mass is 19.1. The number of carbonyl (C=O) groups is 2. The average Bonchev–Trinajstić information content (AvgIpc) is 3.07. The Hall–Kier alpha value is -3.67. The van der Waals surface area contributed by atoms with Crippen LogP contribution in [-0.4, -0.2) is 29.8 Å². The third kappa shape index (κ3) is 3.65. The minimum Gasteiger partial charge on any atom is -0.481 e. The zero-order chi connectivity index (χ0) is 23.2. The predicted molar refractivity (Wildman–Crippen MR) is 122 cm³/mol. The van der Waals surface area contributed by atoms with Gasteiger partial charge in [0.2, 0.25) is 0 Å². The molecule has 5 nitrogen and oxygen atoms in total. The summed E-state index contributed by atoms with van der Waals surface area (Å²) in [7, 11) is 0. The number of ether oxygens (including phenoxy) is 1. The molecular weight excluding hydrogens is 421 g/mol. The van der Waals surface area contributed by atoms with Crippen molar-refractivity contribution in [1.29, 1.82) is 0 Å². The summed E-state index contributed by atoms with van der Waals surface area (Å²) < 4.78 is 19.4. The second-order valence-electron chi connectivity index (χ2n) is 8.98.